The van der Waals surface area contributed by atoms with Crippen LogP contribution < -0.4 is 15.4 Å². The van der Waals surface area contributed by atoms with Crippen LogP contribution in [-0.4, -0.2) is 47.3 Å². The maximum Gasteiger partial charge on any atom is 0.433 e. The molecule has 0 fully saturated rings. The van der Waals surface area contributed by atoms with Gasteiger partial charge in [0.25, 0.3) is 5.91 Å². The van der Waals surface area contributed by atoms with E-state index in [4.69, 9.17) is 10.5 Å². The molecule has 0 bridgehead atoms. The van der Waals surface area contributed by atoms with Gasteiger partial charge in [0.15, 0.2) is 5.69 Å². The first-order valence-electron chi connectivity index (χ1n) is 8.67. The zero-order valence-electron chi connectivity index (χ0n) is 16.3. The number of imidazole rings is 1. The number of anilines is 1. The fourth-order valence-electron chi connectivity index (χ4n) is 2.41. The number of amides is 1. The van der Waals surface area contributed by atoms with Crippen molar-refractivity contribution in [3.05, 3.63) is 54.4 Å². The van der Waals surface area contributed by atoms with Crippen molar-refractivity contribution in [1.29, 1.82) is 0 Å². The molecule has 0 aliphatic carbocycles. The average Bonchev–Trinajstić information content (AvgIpc) is 3.12. The number of rotatable bonds is 6. The number of nitrogens with two attached hydrogens (primary N) is 1. The summed E-state index contributed by atoms with van der Waals surface area (Å²) < 4.78 is 43.7. The normalized spacial score (nSPS) is 10.8. The summed E-state index contributed by atoms with van der Waals surface area (Å²) in [5, 5.41) is 0. The van der Waals surface area contributed by atoms with E-state index in [0.29, 0.717) is 13.0 Å². The van der Waals surface area contributed by atoms with Crippen molar-refractivity contribution >= 4 is 23.4 Å². The Hall–Kier alpha value is -3.63. The van der Waals surface area contributed by atoms with Crippen molar-refractivity contribution in [2.75, 3.05) is 25.6 Å². The third-order valence-corrected chi connectivity index (χ3v) is 3.79. The molecule has 0 saturated heterocycles. The molecule has 1 amide bonds. The zero-order chi connectivity index (χ0) is 22.3. The summed E-state index contributed by atoms with van der Waals surface area (Å²) in [5.41, 5.74) is 4.67. The van der Waals surface area contributed by atoms with Crippen LogP contribution in [0.5, 0.6) is 5.75 Å². The van der Waals surface area contributed by atoms with Gasteiger partial charge in [-0.3, -0.25) is 9.20 Å². The van der Waals surface area contributed by atoms with Gasteiger partial charge in [-0.15, -0.1) is 0 Å². The monoisotopic (exact) mass is 423 g/mol. The fourth-order valence-corrected chi connectivity index (χ4v) is 2.41. The second-order valence-corrected chi connectivity index (χ2v) is 6.19. The Morgan fingerprint density at radius 3 is 2.50 bits per heavy atom. The van der Waals surface area contributed by atoms with Gasteiger partial charge in [0, 0.05) is 20.5 Å². The predicted molar refractivity (Wildman–Crippen MR) is 103 cm³/mol. The minimum atomic E-state index is -4.57. The molecule has 0 saturated carbocycles. The van der Waals surface area contributed by atoms with Gasteiger partial charge in [-0.1, -0.05) is 12.1 Å². The lowest BCUT2D eigenvalue weighted by molar-refractivity contribution is -0.141. The minimum Gasteiger partial charge on any atom is -0.491 e. The number of carbonyl (C=O) groups is 2. The summed E-state index contributed by atoms with van der Waals surface area (Å²) in [6.07, 6.45) is -1.18. The number of aldehydes is 1. The molecule has 0 radical (unpaired) electrons. The van der Waals surface area contributed by atoms with Crippen LogP contribution in [0.4, 0.5) is 18.9 Å². The number of primary amides is 1. The van der Waals surface area contributed by atoms with Crippen LogP contribution in [0.25, 0.3) is 5.52 Å². The second-order valence-electron chi connectivity index (χ2n) is 6.19. The van der Waals surface area contributed by atoms with Crippen molar-refractivity contribution < 1.29 is 27.5 Å². The molecule has 160 valence electrons. The summed E-state index contributed by atoms with van der Waals surface area (Å²) in [6.45, 7) is 0.439. The molecule has 0 unspecified atom stereocenters. The van der Waals surface area contributed by atoms with Gasteiger partial charge < -0.3 is 20.2 Å². The molecule has 1 aromatic carbocycles. The number of para-hydroxylation sites is 2. The third-order valence-electron chi connectivity index (χ3n) is 3.79. The Kier molecular flexibility index (Phi) is 7.34. The van der Waals surface area contributed by atoms with Gasteiger partial charge >= 0.3 is 6.18 Å². The number of hydrogen-bond donors (Lipinski definition) is 1. The van der Waals surface area contributed by atoms with Crippen LogP contribution in [0.15, 0.2) is 43.0 Å². The number of alkyl halides is 3. The van der Waals surface area contributed by atoms with E-state index in [1.807, 2.05) is 43.3 Å². The molecule has 0 aliphatic heterocycles. The molecular weight excluding hydrogens is 403 g/mol. The first kappa shape index (κ1) is 22.7. The number of ether oxygens (including phenoxy) is 1. The Labute approximate surface area is 170 Å². The molecule has 2 heterocycles. The smallest absolute Gasteiger partial charge is 0.433 e. The first-order chi connectivity index (χ1) is 14.1. The van der Waals surface area contributed by atoms with E-state index >= 15 is 0 Å². The number of halogens is 3. The lowest BCUT2D eigenvalue weighted by Crippen LogP contribution is -2.13. The largest absolute Gasteiger partial charge is 0.491 e. The van der Waals surface area contributed by atoms with Crippen molar-refractivity contribution in [1.82, 2.24) is 14.4 Å². The quantitative estimate of drug-likeness (QED) is 0.483. The van der Waals surface area contributed by atoms with Gasteiger partial charge in [-0.2, -0.15) is 13.2 Å². The maximum absolute atomic E-state index is 12.3. The number of hydrogen-bond acceptors (Lipinski definition) is 6. The van der Waals surface area contributed by atoms with E-state index < -0.39 is 17.8 Å². The van der Waals surface area contributed by atoms with Gasteiger partial charge in [-0.25, -0.2) is 9.97 Å². The van der Waals surface area contributed by atoms with Gasteiger partial charge in [0.2, 0.25) is 0 Å². The van der Waals surface area contributed by atoms with Gasteiger partial charge in [0.1, 0.15) is 30.4 Å². The fraction of sp³-hybridized carbons (Fsp3) is 0.263. The topological polar surface area (TPSA) is 103 Å². The molecule has 11 heteroatoms. The predicted octanol–water partition coefficient (Wildman–Crippen LogP) is 2.57. The molecule has 8 nitrogen and oxygen atoms in total. The third kappa shape index (κ3) is 5.69. The highest BCUT2D eigenvalue weighted by molar-refractivity contribution is 5.97. The number of benzene rings is 1. The van der Waals surface area contributed by atoms with Crippen LogP contribution in [0.2, 0.25) is 0 Å². The highest BCUT2D eigenvalue weighted by Gasteiger charge is 2.33. The highest BCUT2D eigenvalue weighted by Crippen LogP contribution is 2.28. The summed E-state index contributed by atoms with van der Waals surface area (Å²) >= 11 is 0. The van der Waals surface area contributed by atoms with Crippen LogP contribution in [0, 0.1) is 0 Å². The number of fused-ring (bicyclic) bond motifs is 1. The van der Waals surface area contributed by atoms with E-state index in [1.54, 1.807) is 0 Å². The molecule has 30 heavy (non-hydrogen) atoms. The summed E-state index contributed by atoms with van der Waals surface area (Å²) in [7, 11) is 3.92. The number of aromatic nitrogens is 3. The van der Waals surface area contributed by atoms with Gasteiger partial charge in [-0.05, 0) is 18.2 Å². The molecule has 3 aromatic rings. The number of carbonyl (C=O) groups excluding carboxylic acids is 2. The Morgan fingerprint density at radius 1 is 1.23 bits per heavy atom. The van der Waals surface area contributed by atoms with E-state index in [1.165, 1.54) is 10.7 Å². The Morgan fingerprint density at radius 2 is 1.90 bits per heavy atom. The number of nitrogens with zero attached hydrogens (tertiary/aromatic N) is 4. The molecule has 0 spiro atoms. The molecule has 3 rings (SSSR count). The van der Waals surface area contributed by atoms with Gasteiger partial charge in [0.05, 0.1) is 17.8 Å². The zero-order valence-corrected chi connectivity index (χ0v) is 16.3. The van der Waals surface area contributed by atoms with Crippen LogP contribution in [0.3, 0.4) is 0 Å². The van der Waals surface area contributed by atoms with Crippen molar-refractivity contribution in [2.45, 2.75) is 12.6 Å². The van der Waals surface area contributed by atoms with E-state index in [2.05, 4.69) is 9.97 Å². The van der Waals surface area contributed by atoms with Crippen LogP contribution in [-0.2, 0) is 11.0 Å². The van der Waals surface area contributed by atoms with Crippen molar-refractivity contribution in [3.63, 3.8) is 0 Å². The summed E-state index contributed by atoms with van der Waals surface area (Å²) in [5.74, 6) is -0.0684. The molecule has 0 aliphatic rings. The standard InChI is InChI=1S/C11H15NO2.C8H5F3N4O/c1-12(2)10-6-3-4-7-11(10)14-9-5-8-13;9-8(10,11)5-1-4-6(7(12)16)14-3-15(4)2-13-5/h3-4,6-8H,5,9H2,1-2H3;1-3H,(H2,12,16). The average molecular weight is 423 g/mol. The van der Waals surface area contributed by atoms with Crippen LogP contribution in [0.1, 0.15) is 22.6 Å². The van der Waals surface area contributed by atoms with Crippen LogP contribution >= 0.6 is 0 Å². The first-order valence-corrected chi connectivity index (χ1v) is 8.67. The molecule has 2 aromatic heterocycles. The maximum atomic E-state index is 12.3. The minimum absolute atomic E-state index is 0.0187. The Bertz CT molecular complexity index is 1020. The van der Waals surface area contributed by atoms with E-state index in [0.717, 1.165) is 30.1 Å². The van der Waals surface area contributed by atoms with E-state index in [9.17, 15) is 22.8 Å². The SMILES string of the molecule is CN(C)c1ccccc1OCCC=O.NC(=O)c1ncn2cnc(C(F)(F)F)cc12. The molecular formula is C19H20F3N5O3. The molecule has 0 atom stereocenters. The summed E-state index contributed by atoms with van der Waals surface area (Å²) in [4.78, 5) is 29.8. The lowest BCUT2D eigenvalue weighted by atomic mass is 10.3. The summed E-state index contributed by atoms with van der Waals surface area (Å²) in [6, 6.07) is 8.49. The molecule has 2 N–H and O–H groups in total. The van der Waals surface area contributed by atoms with Crippen molar-refractivity contribution in [2.24, 2.45) is 5.73 Å². The Balaban J connectivity index is 0.000000216. The lowest BCUT2D eigenvalue weighted by Gasteiger charge is -2.17. The highest BCUT2D eigenvalue weighted by atomic mass is 19.4. The van der Waals surface area contributed by atoms with E-state index in [-0.39, 0.29) is 11.2 Å². The van der Waals surface area contributed by atoms with Crippen molar-refractivity contribution in [3.8, 4) is 5.75 Å². The second kappa shape index (κ2) is 9.72.